The summed E-state index contributed by atoms with van der Waals surface area (Å²) in [6, 6.07) is 11.9. The Bertz CT molecular complexity index is 1180. The van der Waals surface area contributed by atoms with Crippen molar-refractivity contribution in [3.63, 3.8) is 0 Å². The molecule has 0 aliphatic carbocycles. The molecule has 186 valence electrons. The molecule has 9 heteroatoms. The standard InChI is InChI=1S/C26H34N6O2S/c1-18(2)19(3)28-25(33)21-11-15-30(16-12-21)17-31-26(35)32(22-5-7-23(34-4)8-6-22)24(29-31)20-9-13-27-14-10-20/h5-10,13-14,18-19,21H,11-12,15-17H2,1-4H3,(H,28,33). The molecular formula is C26H34N6O2S. The Hall–Kier alpha value is -3.04. The molecule has 0 spiro atoms. The summed E-state index contributed by atoms with van der Waals surface area (Å²) in [7, 11) is 1.65. The zero-order valence-electron chi connectivity index (χ0n) is 20.8. The van der Waals surface area contributed by atoms with Crippen LogP contribution >= 0.6 is 12.2 Å². The number of aromatic nitrogens is 4. The van der Waals surface area contributed by atoms with Crippen LogP contribution in [0, 0.1) is 16.6 Å². The van der Waals surface area contributed by atoms with Gasteiger partial charge in [-0.25, -0.2) is 4.68 Å². The van der Waals surface area contributed by atoms with E-state index in [9.17, 15) is 4.79 Å². The van der Waals surface area contributed by atoms with E-state index in [1.54, 1.807) is 19.5 Å². The number of piperidine rings is 1. The second-order valence-corrected chi connectivity index (χ2v) is 9.82. The molecule has 0 bridgehead atoms. The smallest absolute Gasteiger partial charge is 0.223 e. The van der Waals surface area contributed by atoms with Crippen LogP contribution in [0.1, 0.15) is 33.6 Å². The first-order valence-corrected chi connectivity index (χ1v) is 12.6. The summed E-state index contributed by atoms with van der Waals surface area (Å²) >= 11 is 5.89. The summed E-state index contributed by atoms with van der Waals surface area (Å²) in [5.74, 6) is 2.21. The molecule has 1 atom stereocenters. The van der Waals surface area contributed by atoms with Crippen molar-refractivity contribution in [3.05, 3.63) is 53.6 Å². The van der Waals surface area contributed by atoms with Crippen LogP contribution in [0.25, 0.3) is 17.1 Å². The van der Waals surface area contributed by atoms with Crippen LogP contribution in [0.2, 0.25) is 0 Å². The number of ether oxygens (including phenoxy) is 1. The quantitative estimate of drug-likeness (QED) is 0.471. The molecule has 1 N–H and O–H groups in total. The second kappa shape index (κ2) is 11.1. The minimum absolute atomic E-state index is 0.0599. The van der Waals surface area contributed by atoms with Gasteiger partial charge in [0.25, 0.3) is 0 Å². The maximum absolute atomic E-state index is 12.7. The fourth-order valence-electron chi connectivity index (χ4n) is 4.19. The Morgan fingerprint density at radius 2 is 1.77 bits per heavy atom. The average Bonchev–Trinajstić information content (AvgIpc) is 3.20. The van der Waals surface area contributed by atoms with Crippen LogP contribution in [0.15, 0.2) is 48.8 Å². The highest BCUT2D eigenvalue weighted by Crippen LogP contribution is 2.25. The topological polar surface area (TPSA) is 77.2 Å². The van der Waals surface area contributed by atoms with Crippen LogP contribution < -0.4 is 10.1 Å². The van der Waals surface area contributed by atoms with Crippen molar-refractivity contribution in [1.82, 2.24) is 29.5 Å². The highest BCUT2D eigenvalue weighted by molar-refractivity contribution is 7.71. The molecule has 2 aromatic heterocycles. The number of pyridine rings is 1. The van der Waals surface area contributed by atoms with Crippen LogP contribution in [-0.2, 0) is 11.5 Å². The third-order valence-corrected chi connectivity index (χ3v) is 7.16. The number of rotatable bonds is 8. The molecule has 3 aromatic rings. The van der Waals surface area contributed by atoms with Crippen LogP contribution in [0.5, 0.6) is 5.75 Å². The highest BCUT2D eigenvalue weighted by Gasteiger charge is 2.27. The summed E-state index contributed by atoms with van der Waals surface area (Å²) in [6.45, 7) is 8.56. The number of nitrogens with zero attached hydrogens (tertiary/aromatic N) is 5. The number of hydrogen-bond acceptors (Lipinski definition) is 6. The first-order valence-electron chi connectivity index (χ1n) is 12.1. The van der Waals surface area contributed by atoms with Crippen molar-refractivity contribution in [2.75, 3.05) is 20.2 Å². The van der Waals surface area contributed by atoms with Gasteiger partial charge in [-0.3, -0.25) is 19.2 Å². The monoisotopic (exact) mass is 494 g/mol. The molecule has 0 radical (unpaired) electrons. The minimum atomic E-state index is 0.0599. The molecule has 1 unspecified atom stereocenters. The first kappa shape index (κ1) is 25.1. The number of likely N-dealkylation sites (tertiary alicyclic amines) is 1. The number of carbonyl (C=O) groups excluding carboxylic acids is 1. The van der Waals surface area contributed by atoms with E-state index in [0.717, 1.165) is 48.8 Å². The lowest BCUT2D eigenvalue weighted by Crippen LogP contribution is -2.44. The van der Waals surface area contributed by atoms with Gasteiger partial charge in [0.1, 0.15) is 5.75 Å². The molecular weight excluding hydrogens is 460 g/mol. The van der Waals surface area contributed by atoms with E-state index in [4.69, 9.17) is 22.1 Å². The predicted molar refractivity (Wildman–Crippen MR) is 139 cm³/mol. The predicted octanol–water partition coefficient (Wildman–Crippen LogP) is 4.30. The summed E-state index contributed by atoms with van der Waals surface area (Å²) in [4.78, 5) is 19.1. The van der Waals surface area contributed by atoms with Gasteiger partial charge in [-0.15, -0.1) is 5.10 Å². The Labute approximate surface area is 211 Å². The lowest BCUT2D eigenvalue weighted by Gasteiger charge is -2.32. The molecule has 3 heterocycles. The fraction of sp³-hybridized carbons (Fsp3) is 0.462. The van der Waals surface area contributed by atoms with Crippen molar-refractivity contribution < 1.29 is 9.53 Å². The lowest BCUT2D eigenvalue weighted by atomic mass is 9.95. The van der Waals surface area contributed by atoms with E-state index in [2.05, 4.69) is 36.0 Å². The Kier molecular flexibility index (Phi) is 7.97. The number of amides is 1. The number of methoxy groups -OCH3 is 1. The zero-order valence-corrected chi connectivity index (χ0v) is 21.7. The maximum Gasteiger partial charge on any atom is 0.223 e. The van der Waals surface area contributed by atoms with Gasteiger partial charge in [-0.1, -0.05) is 13.8 Å². The molecule has 8 nitrogen and oxygen atoms in total. The summed E-state index contributed by atoms with van der Waals surface area (Å²) < 4.78 is 9.79. The molecule has 1 amide bonds. The number of nitrogens with one attached hydrogen (secondary N) is 1. The second-order valence-electron chi connectivity index (χ2n) is 9.45. The van der Waals surface area contributed by atoms with Crippen molar-refractivity contribution in [2.24, 2.45) is 11.8 Å². The van der Waals surface area contributed by atoms with Crippen LogP contribution in [-0.4, -0.2) is 56.4 Å². The first-order chi connectivity index (χ1) is 16.9. The normalized spacial score (nSPS) is 15.8. The summed E-state index contributed by atoms with van der Waals surface area (Å²) in [5, 5.41) is 8.07. The van der Waals surface area contributed by atoms with Gasteiger partial charge >= 0.3 is 0 Å². The maximum atomic E-state index is 12.7. The van der Waals surface area contributed by atoms with Crippen LogP contribution in [0.3, 0.4) is 0 Å². The number of carbonyl (C=O) groups is 1. The fourth-order valence-corrected chi connectivity index (χ4v) is 4.48. The Morgan fingerprint density at radius 3 is 2.37 bits per heavy atom. The van der Waals surface area contributed by atoms with E-state index in [0.29, 0.717) is 17.4 Å². The molecule has 1 aromatic carbocycles. The van der Waals surface area contributed by atoms with Gasteiger partial charge in [-0.05, 0) is 74.3 Å². The number of hydrogen-bond donors (Lipinski definition) is 1. The zero-order chi connectivity index (χ0) is 24.9. The molecule has 35 heavy (non-hydrogen) atoms. The van der Waals surface area contributed by atoms with Crippen LogP contribution in [0.4, 0.5) is 0 Å². The van der Waals surface area contributed by atoms with Crippen molar-refractivity contribution in [2.45, 2.75) is 46.3 Å². The van der Waals surface area contributed by atoms with Gasteiger partial charge in [0.2, 0.25) is 10.7 Å². The van der Waals surface area contributed by atoms with E-state index < -0.39 is 0 Å². The molecule has 1 aliphatic heterocycles. The third kappa shape index (κ3) is 5.79. The number of benzene rings is 1. The minimum Gasteiger partial charge on any atom is -0.497 e. The molecule has 1 fully saturated rings. The highest BCUT2D eigenvalue weighted by atomic mass is 32.1. The van der Waals surface area contributed by atoms with E-state index in [-0.39, 0.29) is 17.9 Å². The van der Waals surface area contributed by atoms with Gasteiger partial charge in [0, 0.05) is 43.0 Å². The molecule has 0 saturated carbocycles. The van der Waals surface area contributed by atoms with Gasteiger partial charge in [0.05, 0.1) is 19.5 Å². The Balaban J connectivity index is 1.52. The molecule has 1 aliphatic rings. The summed E-state index contributed by atoms with van der Waals surface area (Å²) in [6.07, 6.45) is 5.18. The largest absolute Gasteiger partial charge is 0.497 e. The van der Waals surface area contributed by atoms with Gasteiger partial charge < -0.3 is 10.1 Å². The Morgan fingerprint density at radius 1 is 1.11 bits per heavy atom. The van der Waals surface area contributed by atoms with E-state index >= 15 is 0 Å². The van der Waals surface area contributed by atoms with Gasteiger partial charge in [0.15, 0.2) is 5.82 Å². The van der Waals surface area contributed by atoms with E-state index in [1.165, 1.54) is 0 Å². The molecule has 4 rings (SSSR count). The van der Waals surface area contributed by atoms with Crippen molar-refractivity contribution in [3.8, 4) is 22.8 Å². The average molecular weight is 495 g/mol. The van der Waals surface area contributed by atoms with E-state index in [1.807, 2.05) is 45.6 Å². The van der Waals surface area contributed by atoms with Crippen molar-refractivity contribution in [1.29, 1.82) is 0 Å². The summed E-state index contributed by atoms with van der Waals surface area (Å²) in [5.41, 5.74) is 1.86. The van der Waals surface area contributed by atoms with Gasteiger partial charge in [-0.2, -0.15) is 0 Å². The molecule has 1 saturated heterocycles. The SMILES string of the molecule is COc1ccc(-n2c(-c3ccncc3)nn(CN3CCC(C(=O)NC(C)C(C)C)CC3)c2=S)cc1. The van der Waals surface area contributed by atoms with Crippen molar-refractivity contribution >= 4 is 18.1 Å². The third-order valence-electron chi connectivity index (χ3n) is 6.77. The lowest BCUT2D eigenvalue weighted by molar-refractivity contribution is -0.127.